The maximum Gasteiger partial charge on any atom is 0.272 e. The monoisotopic (exact) mass is 635 g/mol. The van der Waals surface area contributed by atoms with Gasteiger partial charge in [-0.05, 0) is 67.6 Å². The van der Waals surface area contributed by atoms with Gasteiger partial charge in [-0.3, -0.25) is 14.4 Å². The topological polar surface area (TPSA) is 117 Å². The molecule has 0 radical (unpaired) electrons. The van der Waals surface area contributed by atoms with E-state index in [-0.39, 0.29) is 22.4 Å². The zero-order valence-electron chi connectivity index (χ0n) is 23.1. The molecule has 0 aliphatic rings. The Morgan fingerprint density at radius 3 is 2.40 bits per heavy atom. The highest BCUT2D eigenvalue weighted by molar-refractivity contribution is 8.00. The van der Waals surface area contributed by atoms with Crippen molar-refractivity contribution in [1.82, 2.24) is 5.32 Å². The maximum atomic E-state index is 13.5. The number of hydrogen-bond acceptors (Lipinski definition) is 6. The van der Waals surface area contributed by atoms with Crippen LogP contribution < -0.4 is 20.7 Å². The van der Waals surface area contributed by atoms with Crippen LogP contribution in [0.5, 0.6) is 11.5 Å². The van der Waals surface area contributed by atoms with E-state index in [0.29, 0.717) is 33.3 Å². The Morgan fingerprint density at radius 1 is 0.907 bits per heavy atom. The number of benzene rings is 4. The van der Waals surface area contributed by atoms with Gasteiger partial charge in [0.1, 0.15) is 17.2 Å². The summed E-state index contributed by atoms with van der Waals surface area (Å²) in [6.07, 6.45) is 1.46. The standard InChI is InChI=1S/C32H27Cl2N3O5S/c1-19(30(39)36-26-13-7-12-25(33)29(26)34)43-24-11-6-10-22(17-24)35-32(41)27(37-31(40)20-8-4-3-5-9-20)16-21-14-15-23(38)18-28(21)42-2/h3-19,38H,1-2H3,(H,35,41)(H,36,39)(H,37,40)/b27-16+. The van der Waals surface area contributed by atoms with Crippen molar-refractivity contribution in [1.29, 1.82) is 0 Å². The van der Waals surface area contributed by atoms with Crippen molar-refractivity contribution in [2.75, 3.05) is 17.7 Å². The normalized spacial score (nSPS) is 11.8. The van der Waals surface area contributed by atoms with Gasteiger partial charge in [-0.2, -0.15) is 0 Å². The van der Waals surface area contributed by atoms with Gasteiger partial charge >= 0.3 is 0 Å². The molecule has 4 N–H and O–H groups in total. The van der Waals surface area contributed by atoms with Crippen molar-refractivity contribution < 1.29 is 24.2 Å². The van der Waals surface area contributed by atoms with E-state index in [0.717, 1.165) is 4.90 Å². The van der Waals surface area contributed by atoms with E-state index in [1.807, 2.05) is 6.07 Å². The predicted octanol–water partition coefficient (Wildman–Crippen LogP) is 7.24. The third-order valence-electron chi connectivity index (χ3n) is 6.03. The Labute approximate surface area is 263 Å². The molecule has 1 unspecified atom stereocenters. The van der Waals surface area contributed by atoms with Crippen LogP contribution in [-0.4, -0.2) is 35.2 Å². The molecule has 0 saturated heterocycles. The maximum absolute atomic E-state index is 13.5. The molecule has 0 saturated carbocycles. The summed E-state index contributed by atoms with van der Waals surface area (Å²) in [4.78, 5) is 40.0. The number of nitrogens with one attached hydrogen (secondary N) is 3. The second-order valence-corrected chi connectivity index (χ2v) is 11.3. The molecule has 11 heteroatoms. The molecule has 3 amide bonds. The number of amides is 3. The average molecular weight is 637 g/mol. The summed E-state index contributed by atoms with van der Waals surface area (Å²) in [7, 11) is 1.43. The van der Waals surface area contributed by atoms with Gasteiger partial charge in [0.2, 0.25) is 5.91 Å². The number of hydrogen-bond donors (Lipinski definition) is 4. The fourth-order valence-electron chi connectivity index (χ4n) is 3.85. The summed E-state index contributed by atoms with van der Waals surface area (Å²) in [6, 6.07) is 24.8. The molecule has 4 rings (SSSR count). The quantitative estimate of drug-likeness (QED) is 0.108. The molecule has 0 bridgehead atoms. The van der Waals surface area contributed by atoms with Crippen LogP contribution >= 0.6 is 35.0 Å². The molecule has 0 spiro atoms. The van der Waals surface area contributed by atoms with Crippen LogP contribution in [0.4, 0.5) is 11.4 Å². The zero-order chi connectivity index (χ0) is 30.9. The van der Waals surface area contributed by atoms with Gasteiger partial charge in [-0.15, -0.1) is 11.8 Å². The Balaban J connectivity index is 1.52. The van der Waals surface area contributed by atoms with Crippen LogP contribution in [0, 0.1) is 0 Å². The third-order valence-corrected chi connectivity index (χ3v) is 7.94. The van der Waals surface area contributed by atoms with Crippen molar-refractivity contribution in [2.45, 2.75) is 17.1 Å². The van der Waals surface area contributed by atoms with Crippen molar-refractivity contribution in [2.24, 2.45) is 0 Å². The van der Waals surface area contributed by atoms with Gasteiger partial charge in [0, 0.05) is 27.8 Å². The minimum absolute atomic E-state index is 0.0128. The van der Waals surface area contributed by atoms with E-state index in [2.05, 4.69) is 16.0 Å². The van der Waals surface area contributed by atoms with Crippen molar-refractivity contribution in [3.8, 4) is 11.5 Å². The lowest BCUT2D eigenvalue weighted by molar-refractivity contribution is -0.115. The largest absolute Gasteiger partial charge is 0.508 e. The second-order valence-electron chi connectivity index (χ2n) is 9.14. The Hall–Kier alpha value is -4.44. The third kappa shape index (κ3) is 8.54. The first-order valence-corrected chi connectivity index (χ1v) is 14.6. The highest BCUT2D eigenvalue weighted by Gasteiger charge is 2.19. The van der Waals surface area contributed by atoms with Crippen molar-refractivity contribution in [3.05, 3.63) is 118 Å². The predicted molar refractivity (Wildman–Crippen MR) is 172 cm³/mol. The highest BCUT2D eigenvalue weighted by atomic mass is 35.5. The van der Waals surface area contributed by atoms with Crippen LogP contribution in [0.3, 0.4) is 0 Å². The number of carbonyl (C=O) groups is 3. The number of phenols is 1. The van der Waals surface area contributed by atoms with Gasteiger partial charge in [0.15, 0.2) is 0 Å². The smallest absolute Gasteiger partial charge is 0.272 e. The first-order valence-electron chi connectivity index (χ1n) is 12.9. The van der Waals surface area contributed by atoms with Gasteiger partial charge in [0.05, 0.1) is 28.1 Å². The molecule has 220 valence electrons. The van der Waals surface area contributed by atoms with Crippen molar-refractivity contribution >= 4 is 70.1 Å². The number of rotatable bonds is 10. The summed E-state index contributed by atoms with van der Waals surface area (Å²) in [5, 5.41) is 18.2. The van der Waals surface area contributed by atoms with Crippen LogP contribution in [0.15, 0.2) is 102 Å². The Kier molecular flexibility index (Phi) is 10.7. The van der Waals surface area contributed by atoms with Crippen LogP contribution in [0.2, 0.25) is 10.0 Å². The van der Waals surface area contributed by atoms with Gasteiger partial charge in [-0.1, -0.05) is 53.5 Å². The molecule has 4 aromatic carbocycles. The van der Waals surface area contributed by atoms with E-state index in [9.17, 15) is 19.5 Å². The lowest BCUT2D eigenvalue weighted by Crippen LogP contribution is -2.30. The Bertz CT molecular complexity index is 1680. The summed E-state index contributed by atoms with van der Waals surface area (Å²) >= 11 is 13.5. The highest BCUT2D eigenvalue weighted by Crippen LogP contribution is 2.32. The van der Waals surface area contributed by atoms with Crippen LogP contribution in [-0.2, 0) is 9.59 Å². The number of methoxy groups -OCH3 is 1. The lowest BCUT2D eigenvalue weighted by atomic mass is 10.1. The molecule has 0 aliphatic carbocycles. The average Bonchev–Trinajstić information content (AvgIpc) is 3.00. The number of ether oxygens (including phenoxy) is 1. The number of carbonyl (C=O) groups excluding carboxylic acids is 3. The number of phenolic OH excluding ortho intramolecular Hbond substituents is 1. The minimum Gasteiger partial charge on any atom is -0.508 e. The van der Waals surface area contributed by atoms with Gasteiger partial charge < -0.3 is 25.8 Å². The molecule has 1 atom stereocenters. The first-order chi connectivity index (χ1) is 20.6. The number of anilines is 2. The lowest BCUT2D eigenvalue weighted by Gasteiger charge is -2.15. The van der Waals surface area contributed by atoms with Crippen LogP contribution in [0.25, 0.3) is 6.08 Å². The molecular formula is C32H27Cl2N3O5S. The number of thioether (sulfide) groups is 1. The molecule has 4 aromatic rings. The van der Waals surface area contributed by atoms with Crippen LogP contribution in [0.1, 0.15) is 22.8 Å². The fourth-order valence-corrected chi connectivity index (χ4v) is 5.13. The minimum atomic E-state index is -0.594. The molecule has 43 heavy (non-hydrogen) atoms. The van der Waals surface area contributed by atoms with E-state index < -0.39 is 17.1 Å². The van der Waals surface area contributed by atoms with Gasteiger partial charge in [0.25, 0.3) is 11.8 Å². The fraction of sp³-hybridized carbons (Fsp3) is 0.0938. The summed E-state index contributed by atoms with van der Waals surface area (Å²) in [5.41, 5.74) is 1.63. The summed E-state index contributed by atoms with van der Waals surface area (Å²) < 4.78 is 5.34. The number of halogens is 2. The molecule has 0 heterocycles. The Morgan fingerprint density at radius 2 is 1.65 bits per heavy atom. The molecule has 0 aliphatic heterocycles. The summed E-state index contributed by atoms with van der Waals surface area (Å²) in [6.45, 7) is 1.74. The molecular weight excluding hydrogens is 609 g/mol. The van der Waals surface area contributed by atoms with Crippen molar-refractivity contribution in [3.63, 3.8) is 0 Å². The van der Waals surface area contributed by atoms with E-state index in [4.69, 9.17) is 27.9 Å². The number of aromatic hydroxyl groups is 1. The molecule has 0 aromatic heterocycles. The second kappa shape index (κ2) is 14.6. The first kappa shape index (κ1) is 31.5. The van der Waals surface area contributed by atoms with E-state index in [1.54, 1.807) is 79.7 Å². The SMILES string of the molecule is COc1cc(O)ccc1/C=C(/NC(=O)c1ccccc1)C(=O)Nc1cccc(SC(C)C(=O)Nc2cccc(Cl)c2Cl)c1. The summed E-state index contributed by atoms with van der Waals surface area (Å²) in [5.74, 6) is -1.06. The van der Waals surface area contributed by atoms with Gasteiger partial charge in [-0.25, -0.2) is 0 Å². The van der Waals surface area contributed by atoms with E-state index in [1.165, 1.54) is 37.1 Å². The molecule has 0 fully saturated rings. The zero-order valence-corrected chi connectivity index (χ0v) is 25.4. The van der Waals surface area contributed by atoms with E-state index >= 15 is 0 Å². The molecule has 8 nitrogen and oxygen atoms in total.